The first-order chi connectivity index (χ1) is 12.7. The third-order valence-corrected chi connectivity index (χ3v) is 3.88. The predicted molar refractivity (Wildman–Crippen MR) is 103 cm³/mol. The van der Waals surface area contributed by atoms with Crippen LogP contribution in [0.3, 0.4) is 0 Å². The highest BCUT2D eigenvalue weighted by atomic mass is 16.6. The maximum absolute atomic E-state index is 12.3. The first-order valence-corrected chi connectivity index (χ1v) is 8.89. The van der Waals surface area contributed by atoms with Crippen LogP contribution in [-0.4, -0.2) is 25.3 Å². The molecule has 0 heterocycles. The number of hydrogen-bond acceptors (Lipinski definition) is 4. The van der Waals surface area contributed by atoms with Crippen molar-refractivity contribution in [2.24, 2.45) is 5.16 Å². The van der Waals surface area contributed by atoms with Gasteiger partial charge in [-0.1, -0.05) is 61.0 Å². The maximum atomic E-state index is 12.3. The topological polar surface area (TPSA) is 59.9 Å². The molecule has 2 rings (SSSR count). The molecule has 0 bridgehead atoms. The predicted octanol–water partition coefficient (Wildman–Crippen LogP) is 3.70. The lowest BCUT2D eigenvalue weighted by molar-refractivity contribution is -0.114. The fraction of sp³-hybridized carbons (Fsp3) is 0.333. The lowest BCUT2D eigenvalue weighted by Crippen LogP contribution is -2.32. The van der Waals surface area contributed by atoms with Gasteiger partial charge in [-0.25, -0.2) is 0 Å². The summed E-state index contributed by atoms with van der Waals surface area (Å²) >= 11 is 0. The number of ether oxygens (including phenoxy) is 1. The fourth-order valence-electron chi connectivity index (χ4n) is 2.70. The van der Waals surface area contributed by atoms with E-state index in [1.807, 2.05) is 49.4 Å². The van der Waals surface area contributed by atoms with Crippen molar-refractivity contribution in [1.82, 2.24) is 5.32 Å². The number of aryl methyl sites for hydroxylation is 1. The number of carbonyl (C=O) groups is 1. The van der Waals surface area contributed by atoms with Gasteiger partial charge >= 0.3 is 0 Å². The van der Waals surface area contributed by atoms with E-state index >= 15 is 0 Å². The van der Waals surface area contributed by atoms with Crippen molar-refractivity contribution in [3.63, 3.8) is 0 Å². The van der Waals surface area contributed by atoms with Crippen molar-refractivity contribution in [3.05, 3.63) is 65.2 Å². The Morgan fingerprint density at radius 3 is 2.42 bits per heavy atom. The van der Waals surface area contributed by atoms with Gasteiger partial charge in [-0.3, -0.25) is 4.79 Å². The Morgan fingerprint density at radius 1 is 1.04 bits per heavy atom. The van der Waals surface area contributed by atoms with Gasteiger partial charge in [0.2, 0.25) is 0 Å². The molecule has 0 aliphatic rings. The van der Waals surface area contributed by atoms with E-state index in [-0.39, 0.29) is 11.6 Å². The summed E-state index contributed by atoms with van der Waals surface area (Å²) in [6.07, 6.45) is 2.02. The zero-order valence-electron chi connectivity index (χ0n) is 15.6. The Labute approximate surface area is 155 Å². The van der Waals surface area contributed by atoms with E-state index in [0.717, 1.165) is 24.2 Å². The van der Waals surface area contributed by atoms with E-state index < -0.39 is 0 Å². The highest BCUT2D eigenvalue weighted by molar-refractivity contribution is 6.45. The second-order valence-corrected chi connectivity index (χ2v) is 5.79. The van der Waals surface area contributed by atoms with Crippen molar-refractivity contribution in [1.29, 1.82) is 0 Å². The molecule has 0 fully saturated rings. The molecule has 26 heavy (non-hydrogen) atoms. The average molecular weight is 354 g/mol. The molecule has 2 aromatic carbocycles. The van der Waals surface area contributed by atoms with Crippen molar-refractivity contribution in [3.8, 4) is 5.75 Å². The maximum Gasteiger partial charge on any atom is 0.273 e. The Kier molecular flexibility index (Phi) is 7.68. The summed E-state index contributed by atoms with van der Waals surface area (Å²) in [5, 5.41) is 6.69. The molecule has 0 spiro atoms. The molecule has 0 atom stereocenters. The van der Waals surface area contributed by atoms with Crippen LogP contribution in [-0.2, 0) is 22.7 Å². The zero-order valence-corrected chi connectivity index (χ0v) is 15.6. The van der Waals surface area contributed by atoms with E-state index in [4.69, 9.17) is 9.57 Å². The second kappa shape index (κ2) is 10.2. The van der Waals surface area contributed by atoms with Crippen LogP contribution in [0.1, 0.15) is 37.0 Å². The van der Waals surface area contributed by atoms with Gasteiger partial charge in [-0.15, -0.1) is 0 Å². The molecule has 0 saturated heterocycles. The lowest BCUT2D eigenvalue weighted by Gasteiger charge is -2.14. The Bertz CT molecular complexity index is 756. The first-order valence-electron chi connectivity index (χ1n) is 8.89. The van der Waals surface area contributed by atoms with Crippen LogP contribution in [0.2, 0.25) is 0 Å². The van der Waals surface area contributed by atoms with Gasteiger partial charge in [0.15, 0.2) is 5.71 Å². The van der Waals surface area contributed by atoms with E-state index in [1.54, 1.807) is 0 Å². The van der Waals surface area contributed by atoms with E-state index in [2.05, 4.69) is 23.5 Å². The second-order valence-electron chi connectivity index (χ2n) is 5.79. The van der Waals surface area contributed by atoms with Crippen molar-refractivity contribution in [2.45, 2.75) is 33.3 Å². The van der Waals surface area contributed by atoms with Gasteiger partial charge in [0, 0.05) is 12.1 Å². The van der Waals surface area contributed by atoms with Crippen LogP contribution in [0.25, 0.3) is 0 Å². The van der Waals surface area contributed by atoms with Crippen LogP contribution in [0.5, 0.6) is 5.75 Å². The summed E-state index contributed by atoms with van der Waals surface area (Å²) in [7, 11) is 1.43. The number of benzene rings is 2. The van der Waals surface area contributed by atoms with Gasteiger partial charge < -0.3 is 14.9 Å². The molecule has 0 aliphatic heterocycles. The highest BCUT2D eigenvalue weighted by Gasteiger charge is 2.18. The number of likely N-dealkylation sites (N-methyl/N-ethyl adjacent to an activating group) is 1. The van der Waals surface area contributed by atoms with Gasteiger partial charge in [0.1, 0.15) is 19.5 Å². The first kappa shape index (κ1) is 19.5. The number of rotatable bonds is 9. The van der Waals surface area contributed by atoms with Crippen LogP contribution < -0.4 is 10.1 Å². The average Bonchev–Trinajstić information content (AvgIpc) is 2.66. The standard InChI is InChI=1S/C21H26N2O3/c1-4-10-16-11-7-9-14-19(16)26-15-17-12-6-8-13-18(17)20(23-25-3)21(24)22-5-2/h6-9,11-14H,4-5,10,15H2,1-3H3,(H,22,24)/b23-20+. The van der Waals surface area contributed by atoms with E-state index in [1.165, 1.54) is 12.7 Å². The minimum absolute atomic E-state index is 0.246. The molecule has 5 nitrogen and oxygen atoms in total. The van der Waals surface area contributed by atoms with Gasteiger partial charge in [0.25, 0.3) is 5.91 Å². The summed E-state index contributed by atoms with van der Waals surface area (Å²) in [5.41, 5.74) is 3.01. The normalized spacial score (nSPS) is 11.1. The highest BCUT2D eigenvalue weighted by Crippen LogP contribution is 2.22. The molecule has 0 aromatic heterocycles. The number of nitrogens with one attached hydrogen (secondary N) is 1. The number of hydrogen-bond donors (Lipinski definition) is 1. The number of para-hydroxylation sites is 1. The third-order valence-electron chi connectivity index (χ3n) is 3.88. The molecule has 2 aromatic rings. The summed E-state index contributed by atoms with van der Waals surface area (Å²) in [4.78, 5) is 17.2. The van der Waals surface area contributed by atoms with E-state index in [0.29, 0.717) is 18.7 Å². The molecule has 138 valence electrons. The quantitative estimate of drug-likeness (QED) is 0.552. The molecule has 1 amide bonds. The molecule has 1 N–H and O–H groups in total. The van der Waals surface area contributed by atoms with Crippen LogP contribution in [0.4, 0.5) is 0 Å². The van der Waals surface area contributed by atoms with Crippen LogP contribution >= 0.6 is 0 Å². The summed E-state index contributed by atoms with van der Waals surface area (Å²) in [6.45, 7) is 4.87. The summed E-state index contributed by atoms with van der Waals surface area (Å²) in [6, 6.07) is 15.6. The number of nitrogens with zero attached hydrogens (tertiary/aromatic N) is 1. The molecular formula is C21H26N2O3. The molecule has 5 heteroatoms. The molecule has 0 unspecified atom stereocenters. The van der Waals surface area contributed by atoms with Gasteiger partial charge in [-0.2, -0.15) is 0 Å². The minimum Gasteiger partial charge on any atom is -0.489 e. The van der Waals surface area contributed by atoms with Gasteiger partial charge in [-0.05, 0) is 30.5 Å². The summed E-state index contributed by atoms with van der Waals surface area (Å²) in [5.74, 6) is 0.598. The van der Waals surface area contributed by atoms with Gasteiger partial charge in [0.05, 0.1) is 0 Å². The SMILES string of the molecule is CCCc1ccccc1OCc1ccccc1/C(=N\OC)C(=O)NCC. The molecule has 0 saturated carbocycles. The molecule has 0 radical (unpaired) electrons. The Morgan fingerprint density at radius 2 is 1.73 bits per heavy atom. The Balaban J connectivity index is 2.26. The fourth-order valence-corrected chi connectivity index (χ4v) is 2.70. The largest absolute Gasteiger partial charge is 0.489 e. The van der Waals surface area contributed by atoms with Crippen molar-refractivity contribution >= 4 is 11.6 Å². The van der Waals surface area contributed by atoms with E-state index in [9.17, 15) is 4.79 Å². The molecule has 0 aliphatic carbocycles. The smallest absolute Gasteiger partial charge is 0.273 e. The van der Waals surface area contributed by atoms with Crippen molar-refractivity contribution in [2.75, 3.05) is 13.7 Å². The number of oxime groups is 1. The van der Waals surface area contributed by atoms with Crippen molar-refractivity contribution < 1.29 is 14.4 Å². The number of carbonyl (C=O) groups excluding carboxylic acids is 1. The monoisotopic (exact) mass is 354 g/mol. The third kappa shape index (κ3) is 5.09. The van der Waals surface area contributed by atoms with Crippen LogP contribution in [0.15, 0.2) is 53.7 Å². The Hall–Kier alpha value is -2.82. The zero-order chi connectivity index (χ0) is 18.8. The van der Waals surface area contributed by atoms with Crippen LogP contribution in [0, 0.1) is 0 Å². The molecular weight excluding hydrogens is 328 g/mol. The lowest BCUT2D eigenvalue weighted by atomic mass is 10.0. The summed E-state index contributed by atoms with van der Waals surface area (Å²) < 4.78 is 6.06. The number of amides is 1. The minimum atomic E-state index is -0.270.